The monoisotopic (exact) mass is 255 g/mol. The molecule has 1 aliphatic carbocycles. The summed E-state index contributed by atoms with van der Waals surface area (Å²) in [5.74, 6) is 0. The second kappa shape index (κ2) is 4.72. The van der Waals surface area contributed by atoms with E-state index in [1.165, 1.54) is 24.9 Å². The summed E-state index contributed by atoms with van der Waals surface area (Å²) in [4.78, 5) is 0. The minimum atomic E-state index is 0.372. The molecular formula is C16H21N3. The Bertz CT molecular complexity index is 543. The molecular weight excluding hydrogens is 234 g/mol. The predicted molar refractivity (Wildman–Crippen MR) is 78.6 cm³/mol. The van der Waals surface area contributed by atoms with Gasteiger partial charge in [-0.2, -0.15) is 5.10 Å². The van der Waals surface area contributed by atoms with Gasteiger partial charge in [0.15, 0.2) is 0 Å². The number of aromatic nitrogens is 2. The van der Waals surface area contributed by atoms with Gasteiger partial charge >= 0.3 is 0 Å². The lowest BCUT2D eigenvalue weighted by atomic mass is 9.87. The van der Waals surface area contributed by atoms with Gasteiger partial charge in [-0.15, -0.1) is 0 Å². The van der Waals surface area contributed by atoms with E-state index >= 15 is 0 Å². The van der Waals surface area contributed by atoms with Gasteiger partial charge in [-0.3, -0.25) is 0 Å². The molecule has 1 aromatic heterocycles. The average molecular weight is 255 g/mol. The Morgan fingerprint density at radius 2 is 2.11 bits per heavy atom. The molecule has 0 bridgehead atoms. The van der Waals surface area contributed by atoms with Gasteiger partial charge in [0, 0.05) is 18.4 Å². The van der Waals surface area contributed by atoms with Crippen molar-refractivity contribution in [3.8, 4) is 5.69 Å². The van der Waals surface area contributed by atoms with Gasteiger partial charge in [-0.25, -0.2) is 4.68 Å². The summed E-state index contributed by atoms with van der Waals surface area (Å²) in [6.07, 6.45) is 7.67. The third kappa shape index (κ3) is 2.37. The average Bonchev–Trinajstić information content (AvgIpc) is 3.01. The van der Waals surface area contributed by atoms with Crippen LogP contribution in [0.1, 0.15) is 33.1 Å². The predicted octanol–water partition coefficient (Wildman–Crippen LogP) is 3.86. The summed E-state index contributed by atoms with van der Waals surface area (Å²) in [7, 11) is 0. The topological polar surface area (TPSA) is 29.9 Å². The first kappa shape index (κ1) is 12.3. The van der Waals surface area contributed by atoms with Crippen molar-refractivity contribution in [3.05, 3.63) is 42.7 Å². The van der Waals surface area contributed by atoms with Crippen LogP contribution in [0.15, 0.2) is 42.7 Å². The number of hydrogen-bond acceptors (Lipinski definition) is 2. The third-order valence-corrected chi connectivity index (χ3v) is 4.24. The fourth-order valence-electron chi connectivity index (χ4n) is 2.99. The van der Waals surface area contributed by atoms with Crippen LogP contribution in [0, 0.1) is 5.41 Å². The lowest BCUT2D eigenvalue weighted by molar-refractivity contribution is 0.350. The van der Waals surface area contributed by atoms with Gasteiger partial charge in [0.2, 0.25) is 0 Å². The van der Waals surface area contributed by atoms with Crippen LogP contribution in [-0.2, 0) is 0 Å². The minimum absolute atomic E-state index is 0.372. The number of nitrogens with one attached hydrogen (secondary N) is 1. The van der Waals surface area contributed by atoms with Crippen LogP contribution in [0.4, 0.5) is 5.69 Å². The quantitative estimate of drug-likeness (QED) is 0.902. The molecule has 0 amide bonds. The first-order valence-electron chi connectivity index (χ1n) is 7.02. The Balaban J connectivity index is 1.89. The maximum atomic E-state index is 4.33. The van der Waals surface area contributed by atoms with E-state index < -0.39 is 0 Å². The highest BCUT2D eigenvalue weighted by atomic mass is 15.3. The molecule has 0 radical (unpaired) electrons. The molecule has 1 saturated carbocycles. The largest absolute Gasteiger partial charge is 0.380 e. The van der Waals surface area contributed by atoms with E-state index in [0.29, 0.717) is 11.5 Å². The Morgan fingerprint density at radius 3 is 2.79 bits per heavy atom. The molecule has 1 fully saturated rings. The number of para-hydroxylation sites is 2. The highest BCUT2D eigenvalue weighted by Crippen LogP contribution is 2.39. The molecule has 2 aromatic rings. The third-order valence-electron chi connectivity index (χ3n) is 4.24. The van der Waals surface area contributed by atoms with Crippen LogP contribution in [-0.4, -0.2) is 15.8 Å². The maximum Gasteiger partial charge on any atom is 0.0876 e. The first-order chi connectivity index (χ1) is 9.17. The number of hydrogen-bond donors (Lipinski definition) is 1. The zero-order valence-electron chi connectivity index (χ0n) is 11.6. The van der Waals surface area contributed by atoms with Crippen molar-refractivity contribution in [2.45, 2.75) is 39.2 Å². The van der Waals surface area contributed by atoms with Gasteiger partial charge in [0.25, 0.3) is 0 Å². The van der Waals surface area contributed by atoms with Crippen molar-refractivity contribution in [2.24, 2.45) is 5.41 Å². The first-order valence-corrected chi connectivity index (χ1v) is 7.02. The van der Waals surface area contributed by atoms with Crippen LogP contribution in [0.3, 0.4) is 0 Å². The van der Waals surface area contributed by atoms with Gasteiger partial charge in [0.05, 0.1) is 11.4 Å². The van der Waals surface area contributed by atoms with Gasteiger partial charge < -0.3 is 5.32 Å². The normalized spacial score (nSPS) is 21.5. The Kier molecular flexibility index (Phi) is 3.05. The van der Waals surface area contributed by atoms with Crippen molar-refractivity contribution in [1.29, 1.82) is 0 Å². The van der Waals surface area contributed by atoms with Gasteiger partial charge in [0.1, 0.15) is 0 Å². The van der Waals surface area contributed by atoms with Crippen molar-refractivity contribution < 1.29 is 0 Å². The summed E-state index contributed by atoms with van der Waals surface area (Å²) in [5.41, 5.74) is 2.67. The van der Waals surface area contributed by atoms with Crippen LogP contribution < -0.4 is 5.32 Å². The SMILES string of the molecule is CC1(C)CCCC1Nc1ccccc1-n1cccn1. The molecule has 1 aromatic carbocycles. The molecule has 1 heterocycles. The molecule has 0 aliphatic heterocycles. The van der Waals surface area contributed by atoms with E-state index in [4.69, 9.17) is 0 Å². The Hall–Kier alpha value is -1.77. The number of anilines is 1. The molecule has 0 saturated heterocycles. The zero-order chi connectivity index (χ0) is 13.3. The van der Waals surface area contributed by atoms with Crippen LogP contribution in [0.5, 0.6) is 0 Å². The van der Waals surface area contributed by atoms with Crippen LogP contribution >= 0.6 is 0 Å². The van der Waals surface area contributed by atoms with Crippen molar-refractivity contribution in [3.63, 3.8) is 0 Å². The fraction of sp³-hybridized carbons (Fsp3) is 0.438. The molecule has 1 aliphatic rings. The van der Waals surface area contributed by atoms with E-state index in [-0.39, 0.29) is 0 Å². The molecule has 100 valence electrons. The highest BCUT2D eigenvalue weighted by molar-refractivity contribution is 5.61. The summed E-state index contributed by atoms with van der Waals surface area (Å²) < 4.78 is 1.92. The molecule has 1 atom stereocenters. The standard InChI is InChI=1S/C16H21N3/c1-16(2)10-5-9-15(16)18-13-7-3-4-8-14(13)19-12-6-11-17-19/h3-4,6-8,11-12,15,18H,5,9-10H2,1-2H3. The fourth-order valence-corrected chi connectivity index (χ4v) is 2.99. The molecule has 3 nitrogen and oxygen atoms in total. The van der Waals surface area contributed by atoms with Crippen LogP contribution in [0.2, 0.25) is 0 Å². The Morgan fingerprint density at radius 1 is 1.26 bits per heavy atom. The van der Waals surface area contributed by atoms with Gasteiger partial charge in [-0.1, -0.05) is 32.4 Å². The summed E-state index contributed by atoms with van der Waals surface area (Å²) in [5, 5.41) is 8.06. The molecule has 19 heavy (non-hydrogen) atoms. The summed E-state index contributed by atoms with van der Waals surface area (Å²) >= 11 is 0. The highest BCUT2D eigenvalue weighted by Gasteiger charge is 2.34. The molecule has 3 heteroatoms. The van der Waals surface area contributed by atoms with E-state index in [1.54, 1.807) is 0 Å². The molecule has 1 N–H and O–H groups in total. The number of nitrogens with zero attached hydrogens (tertiary/aromatic N) is 2. The molecule has 3 rings (SSSR count). The zero-order valence-corrected chi connectivity index (χ0v) is 11.6. The summed E-state index contributed by atoms with van der Waals surface area (Å²) in [6, 6.07) is 10.9. The van der Waals surface area contributed by atoms with Crippen molar-refractivity contribution >= 4 is 5.69 Å². The summed E-state index contributed by atoms with van der Waals surface area (Å²) in [6.45, 7) is 4.71. The molecule has 1 unspecified atom stereocenters. The van der Waals surface area contributed by atoms with E-state index in [0.717, 1.165) is 5.69 Å². The Labute approximate surface area is 114 Å². The van der Waals surface area contributed by atoms with E-state index in [1.807, 2.05) is 23.1 Å². The van der Waals surface area contributed by atoms with E-state index in [9.17, 15) is 0 Å². The molecule has 0 spiro atoms. The second-order valence-electron chi connectivity index (χ2n) is 6.05. The second-order valence-corrected chi connectivity index (χ2v) is 6.05. The lowest BCUT2D eigenvalue weighted by Gasteiger charge is -2.29. The lowest BCUT2D eigenvalue weighted by Crippen LogP contribution is -2.31. The van der Waals surface area contributed by atoms with E-state index in [2.05, 4.69) is 48.5 Å². The van der Waals surface area contributed by atoms with Crippen LogP contribution in [0.25, 0.3) is 5.69 Å². The smallest absolute Gasteiger partial charge is 0.0876 e. The maximum absolute atomic E-state index is 4.33. The minimum Gasteiger partial charge on any atom is -0.380 e. The number of benzene rings is 1. The van der Waals surface area contributed by atoms with Crippen molar-refractivity contribution in [2.75, 3.05) is 5.32 Å². The number of rotatable bonds is 3. The van der Waals surface area contributed by atoms with Gasteiger partial charge in [-0.05, 0) is 36.5 Å². The van der Waals surface area contributed by atoms with Crippen molar-refractivity contribution in [1.82, 2.24) is 9.78 Å².